The van der Waals surface area contributed by atoms with E-state index in [2.05, 4.69) is 30.3 Å². The van der Waals surface area contributed by atoms with Crippen molar-refractivity contribution in [2.45, 2.75) is 51.8 Å². The smallest absolute Gasteiger partial charge is 0.273 e. The lowest BCUT2D eigenvalue weighted by molar-refractivity contribution is -0.169. The van der Waals surface area contributed by atoms with Crippen LogP contribution in [0.1, 0.15) is 59.3 Å². The van der Waals surface area contributed by atoms with E-state index in [9.17, 15) is 15.0 Å². The number of nitrogens with zero attached hydrogens (tertiary/aromatic N) is 9. The molecule has 0 spiro atoms. The average Bonchev–Trinajstić information content (AvgIpc) is 3.41. The van der Waals surface area contributed by atoms with E-state index < -0.39 is 23.0 Å². The Morgan fingerprint density at radius 2 is 2.00 bits per heavy atom. The van der Waals surface area contributed by atoms with Crippen LogP contribution < -0.4 is 5.56 Å². The molecule has 4 aromatic heterocycles. The number of aliphatic hydroxyl groups is 2. The van der Waals surface area contributed by atoms with Gasteiger partial charge in [-0.1, -0.05) is 17.7 Å². The highest BCUT2D eigenvalue weighted by atomic mass is 35.5. The second kappa shape index (κ2) is 11.4. The van der Waals surface area contributed by atoms with E-state index in [1.807, 2.05) is 0 Å². The fourth-order valence-electron chi connectivity index (χ4n) is 4.71. The fraction of sp³-hybridized carbons (Fsp3) is 0.296. The van der Waals surface area contributed by atoms with Crippen molar-refractivity contribution in [1.82, 2.24) is 39.3 Å². The summed E-state index contributed by atoms with van der Waals surface area (Å²) in [4.78, 5) is 26.2. The van der Waals surface area contributed by atoms with Crippen LogP contribution in [0.15, 0.2) is 52.4 Å². The monoisotopic (exact) mass is 607 g/mol. The number of rotatable bonds is 8. The summed E-state index contributed by atoms with van der Waals surface area (Å²) in [6, 6.07) is 2.92. The first-order chi connectivity index (χ1) is 20.3. The molecule has 2 unspecified atom stereocenters. The Kier molecular flexibility index (Phi) is 7.98. The van der Waals surface area contributed by atoms with Crippen LogP contribution in [0.3, 0.4) is 0 Å². The van der Waals surface area contributed by atoms with Gasteiger partial charge in [-0.3, -0.25) is 14.4 Å². The lowest BCUT2D eigenvalue weighted by atomic mass is 10.1. The van der Waals surface area contributed by atoms with E-state index in [-0.39, 0.29) is 34.0 Å². The maximum Gasteiger partial charge on any atom is 0.273 e. The molecule has 1 saturated carbocycles. The normalized spacial score (nSPS) is 17.7. The molecule has 1 aliphatic rings. The summed E-state index contributed by atoms with van der Waals surface area (Å²) in [6.45, 7) is 6.54. The number of aromatic nitrogens is 8. The predicted octanol–water partition coefficient (Wildman–Crippen LogP) is 2.92. The molecule has 0 aromatic carbocycles. The van der Waals surface area contributed by atoms with Gasteiger partial charge in [-0.05, 0) is 57.7 Å². The van der Waals surface area contributed by atoms with Crippen molar-refractivity contribution in [3.8, 4) is 5.82 Å². The van der Waals surface area contributed by atoms with Crippen molar-refractivity contribution in [2.75, 3.05) is 0 Å². The summed E-state index contributed by atoms with van der Waals surface area (Å²) in [6.07, 6.45) is 6.95. The van der Waals surface area contributed by atoms with Crippen LogP contribution in [-0.2, 0) is 5.81 Å². The summed E-state index contributed by atoms with van der Waals surface area (Å²) in [5.74, 6) is -4.44. The molecule has 0 aliphatic heterocycles. The Morgan fingerprint density at radius 1 is 1.26 bits per heavy atom. The third-order valence-electron chi connectivity index (χ3n) is 6.80. The Morgan fingerprint density at radius 3 is 2.63 bits per heavy atom. The largest absolute Gasteiger partial charge is 0.355 e. The minimum Gasteiger partial charge on any atom is -0.355 e. The Labute approximate surface area is 250 Å². The second-order valence-electron chi connectivity index (χ2n) is 9.98. The fourth-order valence-corrected chi connectivity index (χ4v) is 5.00. The molecule has 0 saturated heterocycles. The van der Waals surface area contributed by atoms with Crippen LogP contribution in [0.2, 0.25) is 5.02 Å². The average molecular weight is 608 g/mol. The van der Waals surface area contributed by atoms with E-state index in [4.69, 9.17) is 19.4 Å². The molecule has 220 valence electrons. The van der Waals surface area contributed by atoms with Gasteiger partial charge < -0.3 is 10.2 Å². The Hall–Kier alpha value is -4.34. The number of allylic oxidation sites excluding steroid dienone is 2. The summed E-state index contributed by atoms with van der Waals surface area (Å²) in [5.41, 5.74) is 0.0325. The minimum atomic E-state index is -2.75. The molecule has 43 heavy (non-hydrogen) atoms. The number of hydrogen-bond donors (Lipinski definition) is 2. The van der Waals surface area contributed by atoms with Gasteiger partial charge in [0.25, 0.3) is 5.56 Å². The highest BCUT2D eigenvalue weighted by molar-refractivity contribution is 6.31. The van der Waals surface area contributed by atoms with Gasteiger partial charge in [0.2, 0.25) is 5.81 Å². The quantitative estimate of drug-likeness (QED) is 0.176. The van der Waals surface area contributed by atoms with Gasteiger partial charge in [0.15, 0.2) is 25.3 Å². The van der Waals surface area contributed by atoms with Gasteiger partial charge in [-0.2, -0.15) is 14.9 Å². The van der Waals surface area contributed by atoms with E-state index in [1.54, 1.807) is 39.8 Å². The third kappa shape index (κ3) is 5.83. The molecule has 0 amide bonds. The van der Waals surface area contributed by atoms with Gasteiger partial charge in [0.1, 0.15) is 22.4 Å². The van der Waals surface area contributed by atoms with Crippen molar-refractivity contribution in [3.05, 3.63) is 98.0 Å². The van der Waals surface area contributed by atoms with Crippen molar-refractivity contribution >= 4 is 31.4 Å². The molecule has 2 N–H and O–H groups in total. The summed E-state index contributed by atoms with van der Waals surface area (Å²) < 4.78 is 33.9. The molecule has 1 fully saturated rings. The number of halogens is 3. The minimum absolute atomic E-state index is 0.131. The Balaban J connectivity index is 1.50. The van der Waals surface area contributed by atoms with E-state index >= 15 is 8.78 Å². The lowest BCUT2D eigenvalue weighted by Gasteiger charge is -2.14. The molecule has 1 aliphatic carbocycles. The van der Waals surface area contributed by atoms with E-state index in [0.717, 1.165) is 10.8 Å². The first-order valence-electron chi connectivity index (χ1n) is 13.0. The molecule has 2 radical (unpaired) electrons. The number of aryl methyl sites for hydroxylation is 3. The van der Waals surface area contributed by atoms with E-state index in [1.165, 1.54) is 29.3 Å². The van der Waals surface area contributed by atoms with Crippen molar-refractivity contribution < 1.29 is 19.0 Å². The molecule has 0 bridgehead atoms. The standard InChI is InChI=1S/C27H25BClF2N9O3/c1-5-7-32-24(16-6-8-33-25(23(16)31)39-15(4)35-14(3)36-39)20(30)12-38-13(2)9-19(22(29)26(38)41)17-10-18(17)21-11-34-40(37-21)27(28,42)43/h5-9,11-12,17-18,42-43H,10H2,1-4H3/b7-5+,20-12-,32-24+. The van der Waals surface area contributed by atoms with Crippen LogP contribution in [0.25, 0.3) is 12.0 Å². The highest BCUT2D eigenvalue weighted by Gasteiger charge is 2.44. The molecule has 5 rings (SSSR count). The topological polar surface area (TPSA) is 149 Å². The van der Waals surface area contributed by atoms with Crippen molar-refractivity contribution in [2.24, 2.45) is 4.99 Å². The molecule has 4 aromatic rings. The van der Waals surface area contributed by atoms with Crippen LogP contribution in [0.5, 0.6) is 0 Å². The van der Waals surface area contributed by atoms with Gasteiger partial charge in [-0.25, -0.2) is 18.7 Å². The summed E-state index contributed by atoms with van der Waals surface area (Å²) in [7, 11) is 5.20. The van der Waals surface area contributed by atoms with Gasteiger partial charge in [-0.15, -0.1) is 9.90 Å². The maximum absolute atomic E-state index is 15.9. The summed E-state index contributed by atoms with van der Waals surface area (Å²) >= 11 is 6.48. The highest BCUT2D eigenvalue weighted by Crippen LogP contribution is 2.55. The molecular weight excluding hydrogens is 583 g/mol. The zero-order valence-electron chi connectivity index (χ0n) is 23.4. The van der Waals surface area contributed by atoms with Crippen LogP contribution in [0, 0.1) is 26.6 Å². The third-order valence-corrected chi connectivity index (χ3v) is 7.18. The summed E-state index contributed by atoms with van der Waals surface area (Å²) in [5, 5.41) is 30.7. The first kappa shape index (κ1) is 30.1. The molecular formula is C27H25BClF2N9O3. The number of hydrogen-bond acceptors (Lipinski definition) is 9. The predicted molar refractivity (Wildman–Crippen MR) is 154 cm³/mol. The van der Waals surface area contributed by atoms with Crippen LogP contribution >= 0.6 is 11.6 Å². The van der Waals surface area contributed by atoms with Crippen molar-refractivity contribution in [1.29, 1.82) is 0 Å². The SMILES string of the molecule is [B]C(O)(O)n1ncc(C2CC2c2cc(C)n(/C=C(F)/C(=N/C=C/C)c3ccnc(-n4nc(C)nc4C)c3F)c(=O)c2Cl)n1. The lowest BCUT2D eigenvalue weighted by Crippen LogP contribution is -2.35. The molecule has 12 nitrogen and oxygen atoms in total. The van der Waals surface area contributed by atoms with Crippen molar-refractivity contribution in [3.63, 3.8) is 0 Å². The molecule has 16 heteroatoms. The second-order valence-corrected chi connectivity index (χ2v) is 10.4. The van der Waals surface area contributed by atoms with Crippen LogP contribution in [-0.4, -0.2) is 63.1 Å². The Bertz CT molecular complexity index is 1870. The first-order valence-corrected chi connectivity index (χ1v) is 13.4. The zero-order chi connectivity index (χ0) is 31.2. The molecule has 4 heterocycles. The maximum atomic E-state index is 15.9. The molecule has 2 atom stereocenters. The van der Waals surface area contributed by atoms with Gasteiger partial charge in [0.05, 0.1) is 18.1 Å². The van der Waals surface area contributed by atoms with Gasteiger partial charge >= 0.3 is 0 Å². The number of pyridine rings is 2. The number of aliphatic imine (C=N–C) groups is 1. The van der Waals surface area contributed by atoms with Gasteiger partial charge in [0, 0.05) is 29.6 Å². The van der Waals surface area contributed by atoms with E-state index in [0.29, 0.717) is 39.8 Å². The zero-order valence-corrected chi connectivity index (χ0v) is 24.2. The van der Waals surface area contributed by atoms with Crippen LogP contribution in [0.4, 0.5) is 8.78 Å².